The molecule has 0 radical (unpaired) electrons. The molecule has 0 N–H and O–H groups in total. The van der Waals surface area contributed by atoms with Crippen LogP contribution in [0.1, 0.15) is 21.5 Å². The average Bonchev–Trinajstić information content (AvgIpc) is 2.75. The number of hydroxylamine groups is 1. The van der Waals surface area contributed by atoms with Crippen LogP contribution in [-0.2, 0) is 14.9 Å². The number of carbonyl (C=O) groups is 1. The van der Waals surface area contributed by atoms with Gasteiger partial charge in [0.15, 0.2) is 0 Å². The Balaban J connectivity index is 1.77. The molecule has 30 heavy (non-hydrogen) atoms. The molecule has 0 aromatic heterocycles. The van der Waals surface area contributed by atoms with E-state index in [1.807, 2.05) is 6.07 Å². The molecule has 1 aliphatic heterocycles. The minimum atomic E-state index is -3.96. The number of sulfonamides is 1. The third-order valence-electron chi connectivity index (χ3n) is 5.54. The molecule has 1 amide bonds. The maximum Gasteiger partial charge on any atom is 0.266 e. The van der Waals surface area contributed by atoms with Crippen LogP contribution in [0.2, 0.25) is 5.02 Å². The van der Waals surface area contributed by atoms with Gasteiger partial charge in [-0.05, 0) is 49.2 Å². The Bertz CT molecular complexity index is 1050. The Morgan fingerprint density at radius 3 is 2.40 bits per heavy atom. The summed E-state index contributed by atoms with van der Waals surface area (Å²) in [6, 6.07) is 10.5. The number of carbonyl (C=O) groups excluding carboxylic acids is 1. The van der Waals surface area contributed by atoms with Crippen LogP contribution in [0.15, 0.2) is 41.3 Å². The predicted molar refractivity (Wildman–Crippen MR) is 117 cm³/mol. The number of aryl methyl sites for hydroxylation is 1. The molecule has 7 nitrogen and oxygen atoms in total. The molecule has 9 heteroatoms. The molecule has 1 aliphatic rings. The van der Waals surface area contributed by atoms with E-state index in [2.05, 4.69) is 30.9 Å². The average molecular weight is 452 g/mol. The monoisotopic (exact) mass is 451 g/mol. The molecule has 0 aliphatic carbocycles. The molecule has 0 unspecified atom stereocenters. The summed E-state index contributed by atoms with van der Waals surface area (Å²) >= 11 is 6.09. The third-order valence-corrected chi connectivity index (χ3v) is 7.70. The number of rotatable bonds is 5. The van der Waals surface area contributed by atoms with E-state index in [4.69, 9.17) is 16.4 Å². The SMILES string of the molecule is CON(C)S(=O)(=O)c1cc(C(=O)N2CCN(c3cccc(C)c3C)CC2)ccc1Cl. The standard InChI is InChI=1S/C21H26ClN3O4S/c1-15-6-5-7-19(16(15)2)24-10-12-25(13-11-24)21(26)17-8-9-18(22)20(14-17)30(27,28)23(3)29-4/h5-9,14H,10-13H2,1-4H3. The van der Waals surface area contributed by atoms with Gasteiger partial charge >= 0.3 is 0 Å². The first-order chi connectivity index (χ1) is 14.2. The fourth-order valence-corrected chi connectivity index (χ4v) is 4.96. The summed E-state index contributed by atoms with van der Waals surface area (Å²) in [6.45, 7) is 6.72. The largest absolute Gasteiger partial charge is 0.368 e. The number of piperazine rings is 1. The lowest BCUT2D eigenvalue weighted by Gasteiger charge is -2.37. The van der Waals surface area contributed by atoms with Gasteiger partial charge in [0.1, 0.15) is 4.90 Å². The van der Waals surface area contributed by atoms with Crippen LogP contribution in [0.3, 0.4) is 0 Å². The number of hydrogen-bond donors (Lipinski definition) is 0. The molecule has 0 saturated carbocycles. The van der Waals surface area contributed by atoms with Gasteiger partial charge in [-0.25, -0.2) is 8.42 Å². The van der Waals surface area contributed by atoms with Crippen molar-refractivity contribution in [2.24, 2.45) is 0 Å². The number of hydrogen-bond acceptors (Lipinski definition) is 5. The van der Waals surface area contributed by atoms with Crippen LogP contribution in [0.25, 0.3) is 0 Å². The van der Waals surface area contributed by atoms with Gasteiger partial charge in [0.2, 0.25) is 0 Å². The predicted octanol–water partition coefficient (Wildman–Crippen LogP) is 3.10. The van der Waals surface area contributed by atoms with Crippen molar-refractivity contribution < 1.29 is 18.0 Å². The van der Waals surface area contributed by atoms with E-state index in [-0.39, 0.29) is 21.4 Å². The highest BCUT2D eigenvalue weighted by Gasteiger charge is 2.28. The van der Waals surface area contributed by atoms with E-state index in [1.165, 1.54) is 43.1 Å². The van der Waals surface area contributed by atoms with Crippen molar-refractivity contribution >= 4 is 33.2 Å². The lowest BCUT2D eigenvalue weighted by molar-refractivity contribution is -0.0258. The minimum absolute atomic E-state index is 0.0372. The fourth-order valence-electron chi connectivity index (χ4n) is 3.48. The van der Waals surface area contributed by atoms with Crippen molar-refractivity contribution in [2.75, 3.05) is 45.2 Å². The zero-order valence-corrected chi connectivity index (χ0v) is 19.1. The van der Waals surface area contributed by atoms with Crippen LogP contribution < -0.4 is 4.90 Å². The van der Waals surface area contributed by atoms with Crippen LogP contribution in [0.4, 0.5) is 5.69 Å². The summed E-state index contributed by atoms with van der Waals surface area (Å²) in [5.41, 5.74) is 3.95. The summed E-state index contributed by atoms with van der Waals surface area (Å²) in [7, 11) is -1.44. The summed E-state index contributed by atoms with van der Waals surface area (Å²) in [6.07, 6.45) is 0. The first kappa shape index (κ1) is 22.6. The van der Waals surface area contributed by atoms with E-state index in [1.54, 1.807) is 11.0 Å². The fraction of sp³-hybridized carbons (Fsp3) is 0.381. The second-order valence-corrected chi connectivity index (χ2v) is 9.55. The van der Waals surface area contributed by atoms with E-state index >= 15 is 0 Å². The van der Waals surface area contributed by atoms with Crippen LogP contribution in [0.5, 0.6) is 0 Å². The lowest BCUT2D eigenvalue weighted by atomic mass is 10.1. The van der Waals surface area contributed by atoms with Gasteiger partial charge in [-0.3, -0.25) is 9.63 Å². The first-order valence-corrected chi connectivity index (χ1v) is 11.4. The number of nitrogens with zero attached hydrogens (tertiary/aromatic N) is 3. The van der Waals surface area contributed by atoms with Crippen molar-refractivity contribution in [3.8, 4) is 0 Å². The van der Waals surface area contributed by atoms with Gasteiger partial charge in [0.25, 0.3) is 15.9 Å². The van der Waals surface area contributed by atoms with Gasteiger partial charge in [-0.2, -0.15) is 0 Å². The second-order valence-electron chi connectivity index (χ2n) is 7.24. The highest BCUT2D eigenvalue weighted by Crippen LogP contribution is 2.27. The zero-order chi connectivity index (χ0) is 22.1. The van der Waals surface area contributed by atoms with Crippen molar-refractivity contribution in [1.29, 1.82) is 0 Å². The number of halogens is 1. The van der Waals surface area contributed by atoms with Gasteiger partial charge in [-0.1, -0.05) is 28.2 Å². The van der Waals surface area contributed by atoms with Crippen LogP contribution in [0, 0.1) is 13.8 Å². The van der Waals surface area contributed by atoms with Crippen LogP contribution >= 0.6 is 11.6 Å². The number of amides is 1. The van der Waals surface area contributed by atoms with Gasteiger partial charge < -0.3 is 9.80 Å². The Morgan fingerprint density at radius 1 is 1.10 bits per heavy atom. The van der Waals surface area contributed by atoms with Crippen molar-refractivity contribution in [2.45, 2.75) is 18.7 Å². The summed E-state index contributed by atoms with van der Waals surface area (Å²) in [5, 5.41) is 0.0372. The highest BCUT2D eigenvalue weighted by atomic mass is 35.5. The topological polar surface area (TPSA) is 70.2 Å². The van der Waals surface area contributed by atoms with E-state index < -0.39 is 10.0 Å². The molecule has 162 valence electrons. The third kappa shape index (κ3) is 4.32. The molecule has 1 heterocycles. The number of anilines is 1. The van der Waals surface area contributed by atoms with E-state index in [0.29, 0.717) is 30.6 Å². The second kappa shape index (κ2) is 8.93. The molecule has 1 saturated heterocycles. The van der Waals surface area contributed by atoms with Crippen molar-refractivity contribution in [3.05, 3.63) is 58.1 Å². The Labute approximate surface area is 182 Å². The summed E-state index contributed by atoms with van der Waals surface area (Å²) < 4.78 is 25.9. The first-order valence-electron chi connectivity index (χ1n) is 9.60. The van der Waals surface area contributed by atoms with E-state index in [9.17, 15) is 13.2 Å². The zero-order valence-electron chi connectivity index (χ0n) is 17.6. The smallest absolute Gasteiger partial charge is 0.266 e. The minimum Gasteiger partial charge on any atom is -0.368 e. The number of benzene rings is 2. The Kier molecular flexibility index (Phi) is 6.71. The summed E-state index contributed by atoms with van der Waals surface area (Å²) in [4.78, 5) is 21.7. The van der Waals surface area contributed by atoms with Gasteiger partial charge in [0.05, 0.1) is 12.1 Å². The normalized spacial score (nSPS) is 15.0. The molecule has 1 fully saturated rings. The van der Waals surface area contributed by atoms with Crippen LogP contribution in [-0.4, -0.2) is 64.0 Å². The molecule has 0 bridgehead atoms. The van der Waals surface area contributed by atoms with Crippen molar-refractivity contribution in [3.63, 3.8) is 0 Å². The summed E-state index contributed by atoms with van der Waals surface area (Å²) in [5.74, 6) is -0.219. The maximum atomic E-state index is 13.0. The highest BCUT2D eigenvalue weighted by molar-refractivity contribution is 7.89. The Hall–Kier alpha value is -2.13. The molecule has 3 rings (SSSR count). The molecule has 2 aromatic rings. The van der Waals surface area contributed by atoms with E-state index in [0.717, 1.165) is 0 Å². The molecule has 0 spiro atoms. The lowest BCUT2D eigenvalue weighted by Crippen LogP contribution is -2.49. The van der Waals surface area contributed by atoms with Gasteiger partial charge in [-0.15, -0.1) is 0 Å². The Morgan fingerprint density at radius 2 is 1.77 bits per heavy atom. The molecule has 2 aromatic carbocycles. The van der Waals surface area contributed by atoms with Crippen molar-refractivity contribution in [1.82, 2.24) is 9.37 Å². The maximum absolute atomic E-state index is 13.0. The molecular formula is C21H26ClN3O4S. The quantitative estimate of drug-likeness (QED) is 0.653. The molecular weight excluding hydrogens is 426 g/mol. The van der Waals surface area contributed by atoms with Gasteiger partial charge in [0, 0.05) is 44.5 Å². The molecule has 0 atom stereocenters.